The van der Waals surface area contributed by atoms with Crippen molar-refractivity contribution in [2.45, 2.75) is 43.4 Å². The summed E-state index contributed by atoms with van der Waals surface area (Å²) in [7, 11) is 0. The fourth-order valence-electron chi connectivity index (χ4n) is 2.69. The first-order chi connectivity index (χ1) is 16.1. The number of aromatic nitrogens is 2. The summed E-state index contributed by atoms with van der Waals surface area (Å²) in [4.78, 5) is 59.3. The van der Waals surface area contributed by atoms with Gasteiger partial charge in [0, 0.05) is 24.9 Å². The highest BCUT2D eigenvalue weighted by molar-refractivity contribution is 5.94. The van der Waals surface area contributed by atoms with Crippen LogP contribution < -0.4 is 33.2 Å². The second kappa shape index (κ2) is 14.4. The molecule has 34 heavy (non-hydrogen) atoms. The van der Waals surface area contributed by atoms with Gasteiger partial charge in [-0.3, -0.25) is 19.4 Å². The minimum Gasteiger partial charge on any atom is -0.480 e. The molecule has 4 atom stereocenters. The number of carboxylic acids is 1. The molecular formula is C18H31N9O7. The average molecular weight is 486 g/mol. The van der Waals surface area contributed by atoms with Crippen LogP contribution in [-0.2, 0) is 25.6 Å². The topological polar surface area (TPSA) is 284 Å². The number of aliphatic imine (C=N–C) groups is 1. The molecule has 4 unspecified atom stereocenters. The maximum atomic E-state index is 13.0. The smallest absolute Gasteiger partial charge is 0.328 e. The second-order valence-corrected chi connectivity index (χ2v) is 7.22. The number of hydrogen-bond acceptors (Lipinski definition) is 9. The van der Waals surface area contributed by atoms with E-state index >= 15 is 0 Å². The predicted molar refractivity (Wildman–Crippen MR) is 118 cm³/mol. The van der Waals surface area contributed by atoms with Crippen LogP contribution in [-0.4, -0.2) is 98.9 Å². The second-order valence-electron chi connectivity index (χ2n) is 7.22. The van der Waals surface area contributed by atoms with Crippen LogP contribution in [0, 0.1) is 0 Å². The van der Waals surface area contributed by atoms with E-state index < -0.39 is 61.1 Å². The van der Waals surface area contributed by atoms with Gasteiger partial charge in [-0.1, -0.05) is 0 Å². The Morgan fingerprint density at radius 1 is 1.00 bits per heavy atom. The first-order valence-corrected chi connectivity index (χ1v) is 10.2. The van der Waals surface area contributed by atoms with Crippen LogP contribution in [0.15, 0.2) is 17.5 Å². The van der Waals surface area contributed by atoms with Crippen molar-refractivity contribution >= 4 is 29.7 Å². The van der Waals surface area contributed by atoms with Gasteiger partial charge in [0.15, 0.2) is 5.96 Å². The van der Waals surface area contributed by atoms with Gasteiger partial charge in [0.25, 0.3) is 0 Å². The number of rotatable bonds is 15. The number of carbonyl (C=O) groups is 4. The number of aliphatic hydroxyl groups is 2. The average Bonchev–Trinajstić information content (AvgIpc) is 3.30. The predicted octanol–water partition coefficient (Wildman–Crippen LogP) is -5.14. The molecule has 1 rings (SSSR count). The summed E-state index contributed by atoms with van der Waals surface area (Å²) in [5, 5.41) is 34.3. The first kappa shape index (κ1) is 28.3. The number of carbonyl (C=O) groups excluding carboxylic acids is 3. The molecular weight excluding hydrogens is 454 g/mol. The van der Waals surface area contributed by atoms with Crippen LogP contribution in [0.2, 0.25) is 0 Å². The monoisotopic (exact) mass is 485 g/mol. The van der Waals surface area contributed by atoms with Crippen molar-refractivity contribution in [3.8, 4) is 0 Å². The van der Waals surface area contributed by atoms with Crippen LogP contribution >= 0.6 is 0 Å². The number of nitrogens with two attached hydrogens (primary N) is 3. The van der Waals surface area contributed by atoms with Crippen molar-refractivity contribution in [3.63, 3.8) is 0 Å². The summed E-state index contributed by atoms with van der Waals surface area (Å²) < 4.78 is 0. The molecule has 16 nitrogen and oxygen atoms in total. The van der Waals surface area contributed by atoms with E-state index in [9.17, 15) is 24.3 Å². The first-order valence-electron chi connectivity index (χ1n) is 10.2. The molecule has 0 saturated carbocycles. The molecule has 3 amide bonds. The Labute approximate surface area is 194 Å². The molecule has 0 bridgehead atoms. The number of imidazole rings is 1. The fourth-order valence-corrected chi connectivity index (χ4v) is 2.69. The van der Waals surface area contributed by atoms with E-state index in [4.69, 9.17) is 27.4 Å². The van der Waals surface area contributed by atoms with Crippen molar-refractivity contribution in [3.05, 3.63) is 18.2 Å². The molecule has 0 spiro atoms. The molecule has 13 N–H and O–H groups in total. The van der Waals surface area contributed by atoms with Gasteiger partial charge in [-0.2, -0.15) is 0 Å². The summed E-state index contributed by atoms with van der Waals surface area (Å²) in [6.07, 6.45) is 2.98. The number of aliphatic hydroxyl groups excluding tert-OH is 2. The largest absolute Gasteiger partial charge is 0.480 e. The van der Waals surface area contributed by atoms with E-state index in [2.05, 4.69) is 30.9 Å². The zero-order chi connectivity index (χ0) is 25.7. The standard InChI is InChI=1S/C18H31N9O7/c19-10(6-28)14(30)25-11(2-1-3-23-18(20)21)15(31)26-12(4-9-5-22-8-24-9)16(32)27-13(7-29)17(33)34/h5,8,10-13,28-29H,1-4,6-7,19H2,(H,22,24)(H,25,30)(H,26,31)(H,27,32)(H,33,34)(H4,20,21,23). The molecule has 0 fully saturated rings. The van der Waals surface area contributed by atoms with Crippen LogP contribution in [0.1, 0.15) is 18.5 Å². The van der Waals surface area contributed by atoms with Crippen molar-refractivity contribution < 1.29 is 34.5 Å². The summed E-state index contributed by atoms with van der Waals surface area (Å²) >= 11 is 0. The van der Waals surface area contributed by atoms with Crippen molar-refractivity contribution in [1.82, 2.24) is 25.9 Å². The van der Waals surface area contributed by atoms with E-state index in [0.717, 1.165) is 0 Å². The summed E-state index contributed by atoms with van der Waals surface area (Å²) in [5.74, 6) is -4.09. The summed E-state index contributed by atoms with van der Waals surface area (Å²) in [6, 6.07) is -5.33. The summed E-state index contributed by atoms with van der Waals surface area (Å²) in [6.45, 7) is -1.37. The number of guanidine groups is 1. The maximum Gasteiger partial charge on any atom is 0.328 e. The quantitative estimate of drug-likeness (QED) is 0.0636. The third kappa shape index (κ3) is 9.80. The third-order valence-electron chi connectivity index (χ3n) is 4.52. The van der Waals surface area contributed by atoms with Gasteiger partial charge >= 0.3 is 5.97 Å². The van der Waals surface area contributed by atoms with Gasteiger partial charge in [0.2, 0.25) is 17.7 Å². The molecule has 1 aromatic rings. The molecule has 1 aromatic heterocycles. The third-order valence-corrected chi connectivity index (χ3v) is 4.52. The number of aromatic amines is 1. The number of nitrogens with one attached hydrogen (secondary N) is 4. The lowest BCUT2D eigenvalue weighted by Gasteiger charge is -2.24. The van der Waals surface area contributed by atoms with E-state index in [1.165, 1.54) is 12.5 Å². The lowest BCUT2D eigenvalue weighted by atomic mass is 10.1. The van der Waals surface area contributed by atoms with Crippen molar-refractivity contribution in [1.29, 1.82) is 0 Å². The zero-order valence-electron chi connectivity index (χ0n) is 18.3. The molecule has 0 aliphatic heterocycles. The SMILES string of the molecule is NC(N)=NCCCC(NC(=O)C(N)CO)C(=O)NC(Cc1cnc[nH]1)C(=O)NC(CO)C(=O)O. The Kier molecular flexibility index (Phi) is 12.0. The van der Waals surface area contributed by atoms with Gasteiger partial charge in [0.05, 0.1) is 19.5 Å². The minimum absolute atomic E-state index is 0.0549. The lowest BCUT2D eigenvalue weighted by molar-refractivity contribution is -0.143. The van der Waals surface area contributed by atoms with Crippen LogP contribution in [0.4, 0.5) is 0 Å². The highest BCUT2D eigenvalue weighted by Crippen LogP contribution is 2.04. The Hall–Kier alpha value is -3.76. The summed E-state index contributed by atoms with van der Waals surface area (Å²) in [5.41, 5.74) is 16.5. The zero-order valence-corrected chi connectivity index (χ0v) is 18.3. The van der Waals surface area contributed by atoms with E-state index in [-0.39, 0.29) is 31.8 Å². The Bertz CT molecular complexity index is 843. The number of amides is 3. The Morgan fingerprint density at radius 3 is 2.15 bits per heavy atom. The van der Waals surface area contributed by atoms with Crippen LogP contribution in [0.5, 0.6) is 0 Å². The molecule has 0 saturated heterocycles. The number of carboxylic acid groups (broad SMARTS) is 1. The highest BCUT2D eigenvalue weighted by Gasteiger charge is 2.30. The van der Waals surface area contributed by atoms with E-state index in [0.29, 0.717) is 5.69 Å². The number of aliphatic carboxylic acids is 1. The molecule has 0 aliphatic rings. The van der Waals surface area contributed by atoms with Gasteiger partial charge < -0.3 is 53.5 Å². The van der Waals surface area contributed by atoms with Crippen LogP contribution in [0.25, 0.3) is 0 Å². The molecule has 0 aromatic carbocycles. The van der Waals surface area contributed by atoms with Gasteiger partial charge in [-0.15, -0.1) is 0 Å². The fraction of sp³-hybridized carbons (Fsp3) is 0.556. The maximum absolute atomic E-state index is 13.0. The molecule has 190 valence electrons. The Balaban J connectivity index is 3.02. The molecule has 16 heteroatoms. The number of hydrogen-bond donors (Lipinski definition) is 10. The lowest BCUT2D eigenvalue weighted by Crippen LogP contribution is -2.58. The number of nitrogens with zero attached hydrogens (tertiary/aromatic N) is 2. The van der Waals surface area contributed by atoms with Gasteiger partial charge in [0.1, 0.15) is 24.2 Å². The minimum atomic E-state index is -1.59. The van der Waals surface area contributed by atoms with Crippen LogP contribution in [0.3, 0.4) is 0 Å². The van der Waals surface area contributed by atoms with Crippen molar-refractivity contribution in [2.24, 2.45) is 22.2 Å². The molecule has 0 radical (unpaired) electrons. The van der Waals surface area contributed by atoms with Gasteiger partial charge in [-0.05, 0) is 12.8 Å². The molecule has 1 heterocycles. The normalized spacial score (nSPS) is 14.2. The Morgan fingerprint density at radius 2 is 1.62 bits per heavy atom. The van der Waals surface area contributed by atoms with E-state index in [1.54, 1.807) is 0 Å². The van der Waals surface area contributed by atoms with E-state index in [1.807, 2.05) is 0 Å². The van der Waals surface area contributed by atoms with Gasteiger partial charge in [-0.25, -0.2) is 9.78 Å². The highest BCUT2D eigenvalue weighted by atomic mass is 16.4. The molecule has 0 aliphatic carbocycles. The van der Waals surface area contributed by atoms with Crippen molar-refractivity contribution in [2.75, 3.05) is 19.8 Å². The number of H-pyrrole nitrogens is 1.